The largest absolute Gasteiger partial charge is 0.330 e. The van der Waals surface area contributed by atoms with Gasteiger partial charge >= 0.3 is 0 Å². The summed E-state index contributed by atoms with van der Waals surface area (Å²) in [5.74, 6) is 0.804. The summed E-state index contributed by atoms with van der Waals surface area (Å²) in [5.41, 5.74) is 5.78. The number of hydrogen-bond acceptors (Lipinski definition) is 2. The van der Waals surface area contributed by atoms with Gasteiger partial charge in [0.25, 0.3) is 0 Å². The monoisotopic (exact) mass is 210 g/mol. The van der Waals surface area contributed by atoms with Crippen LogP contribution in [0.25, 0.3) is 0 Å². The number of rotatable bonds is 2. The van der Waals surface area contributed by atoms with Crippen molar-refractivity contribution in [3.05, 3.63) is 0 Å². The summed E-state index contributed by atoms with van der Waals surface area (Å²) in [4.78, 5) is 2.76. The molecule has 2 fully saturated rings. The van der Waals surface area contributed by atoms with Gasteiger partial charge in [-0.15, -0.1) is 0 Å². The van der Waals surface area contributed by atoms with Crippen molar-refractivity contribution < 1.29 is 0 Å². The van der Waals surface area contributed by atoms with E-state index in [0.29, 0.717) is 0 Å². The maximum atomic E-state index is 5.78. The van der Waals surface area contributed by atoms with Crippen LogP contribution in [0, 0.1) is 5.92 Å². The summed E-state index contributed by atoms with van der Waals surface area (Å²) in [5, 5.41) is 0. The Bertz CT molecular complexity index is 175. The van der Waals surface area contributed by atoms with Crippen molar-refractivity contribution in [3.8, 4) is 0 Å². The fraction of sp³-hybridized carbons (Fsp3) is 1.00. The fourth-order valence-corrected chi connectivity index (χ4v) is 3.23. The second-order valence-electron chi connectivity index (χ2n) is 5.36. The van der Waals surface area contributed by atoms with Gasteiger partial charge in [0.15, 0.2) is 0 Å². The van der Waals surface area contributed by atoms with E-state index in [4.69, 9.17) is 5.73 Å². The van der Waals surface area contributed by atoms with Crippen LogP contribution in [0.4, 0.5) is 0 Å². The molecule has 2 N–H and O–H groups in total. The normalized spacial score (nSPS) is 31.4. The molecule has 1 heterocycles. The molecular formula is C13H26N2. The molecule has 2 nitrogen and oxygen atoms in total. The predicted octanol–water partition coefficient (Wildman–Crippen LogP) is 2.38. The third-order valence-electron chi connectivity index (χ3n) is 4.31. The molecule has 1 aliphatic carbocycles. The Morgan fingerprint density at radius 2 is 1.67 bits per heavy atom. The average Bonchev–Trinajstić information content (AvgIpc) is 2.55. The van der Waals surface area contributed by atoms with E-state index < -0.39 is 0 Å². The molecule has 1 aliphatic heterocycles. The summed E-state index contributed by atoms with van der Waals surface area (Å²) in [6.45, 7) is 3.55. The molecule has 0 aromatic heterocycles. The predicted molar refractivity (Wildman–Crippen MR) is 64.8 cm³/mol. The number of hydrogen-bond donors (Lipinski definition) is 1. The van der Waals surface area contributed by atoms with Crippen LogP contribution in [0.3, 0.4) is 0 Å². The Morgan fingerprint density at radius 1 is 0.867 bits per heavy atom. The van der Waals surface area contributed by atoms with Crippen molar-refractivity contribution in [2.24, 2.45) is 11.7 Å². The van der Waals surface area contributed by atoms with E-state index in [1.54, 1.807) is 0 Å². The van der Waals surface area contributed by atoms with Gasteiger partial charge in [-0.1, -0.05) is 19.3 Å². The minimum atomic E-state index is 0.804. The zero-order valence-corrected chi connectivity index (χ0v) is 9.96. The standard InChI is InChI=1S/C13H26N2/c14-11-12-5-4-9-15(10-8-12)13-6-2-1-3-7-13/h12-13H,1-11,14H2. The van der Waals surface area contributed by atoms with Gasteiger partial charge < -0.3 is 10.6 Å². The van der Waals surface area contributed by atoms with E-state index in [9.17, 15) is 0 Å². The van der Waals surface area contributed by atoms with E-state index >= 15 is 0 Å². The maximum Gasteiger partial charge on any atom is 0.00952 e. The lowest BCUT2D eigenvalue weighted by atomic mass is 9.94. The minimum Gasteiger partial charge on any atom is -0.330 e. The highest BCUT2D eigenvalue weighted by Crippen LogP contribution is 2.26. The molecule has 0 aromatic rings. The molecular weight excluding hydrogens is 184 g/mol. The summed E-state index contributed by atoms with van der Waals surface area (Å²) in [7, 11) is 0. The highest BCUT2D eigenvalue weighted by Gasteiger charge is 2.23. The van der Waals surface area contributed by atoms with Gasteiger partial charge in [0.05, 0.1) is 0 Å². The first-order valence-corrected chi connectivity index (χ1v) is 6.84. The molecule has 2 heteroatoms. The molecule has 0 radical (unpaired) electrons. The Hall–Kier alpha value is -0.0800. The molecule has 1 saturated carbocycles. The lowest BCUT2D eigenvalue weighted by Crippen LogP contribution is -2.37. The van der Waals surface area contributed by atoms with Gasteiger partial charge in [0, 0.05) is 6.04 Å². The number of nitrogens with zero attached hydrogens (tertiary/aromatic N) is 1. The van der Waals surface area contributed by atoms with Gasteiger partial charge in [-0.3, -0.25) is 0 Å². The van der Waals surface area contributed by atoms with Crippen LogP contribution >= 0.6 is 0 Å². The zero-order valence-electron chi connectivity index (χ0n) is 9.96. The lowest BCUT2D eigenvalue weighted by Gasteiger charge is -2.33. The van der Waals surface area contributed by atoms with Crippen molar-refractivity contribution in [3.63, 3.8) is 0 Å². The Labute approximate surface area is 94.2 Å². The van der Waals surface area contributed by atoms with Crippen LogP contribution in [0.5, 0.6) is 0 Å². The molecule has 2 aliphatic rings. The first-order valence-electron chi connectivity index (χ1n) is 6.84. The van der Waals surface area contributed by atoms with E-state index in [2.05, 4.69) is 4.90 Å². The third kappa shape index (κ3) is 3.18. The fourth-order valence-electron chi connectivity index (χ4n) is 3.23. The first kappa shape index (κ1) is 11.4. The Morgan fingerprint density at radius 3 is 2.40 bits per heavy atom. The van der Waals surface area contributed by atoms with E-state index in [0.717, 1.165) is 18.5 Å². The second-order valence-corrected chi connectivity index (χ2v) is 5.36. The second kappa shape index (κ2) is 5.86. The zero-order chi connectivity index (χ0) is 10.5. The van der Waals surface area contributed by atoms with Gasteiger partial charge in [-0.25, -0.2) is 0 Å². The van der Waals surface area contributed by atoms with Crippen LogP contribution in [0.2, 0.25) is 0 Å². The van der Waals surface area contributed by atoms with E-state index in [1.165, 1.54) is 64.5 Å². The molecule has 0 bridgehead atoms. The quantitative estimate of drug-likeness (QED) is 0.758. The van der Waals surface area contributed by atoms with Crippen LogP contribution in [-0.2, 0) is 0 Å². The molecule has 15 heavy (non-hydrogen) atoms. The first-order chi connectivity index (χ1) is 7.40. The minimum absolute atomic E-state index is 0.804. The topological polar surface area (TPSA) is 29.3 Å². The molecule has 88 valence electrons. The molecule has 1 saturated heterocycles. The molecule has 1 atom stereocenters. The smallest absolute Gasteiger partial charge is 0.00952 e. The van der Waals surface area contributed by atoms with E-state index in [-0.39, 0.29) is 0 Å². The van der Waals surface area contributed by atoms with Crippen molar-refractivity contribution in [2.45, 2.75) is 57.4 Å². The molecule has 1 unspecified atom stereocenters. The highest BCUT2D eigenvalue weighted by molar-refractivity contribution is 4.79. The molecule has 0 aromatic carbocycles. The van der Waals surface area contributed by atoms with Crippen LogP contribution in [0.1, 0.15) is 51.4 Å². The highest BCUT2D eigenvalue weighted by atomic mass is 15.2. The summed E-state index contributed by atoms with van der Waals surface area (Å²) < 4.78 is 0. The van der Waals surface area contributed by atoms with Gasteiger partial charge in [-0.2, -0.15) is 0 Å². The van der Waals surface area contributed by atoms with E-state index in [1.807, 2.05) is 0 Å². The lowest BCUT2D eigenvalue weighted by molar-refractivity contribution is 0.160. The maximum absolute atomic E-state index is 5.78. The average molecular weight is 210 g/mol. The number of nitrogens with two attached hydrogens (primary N) is 1. The van der Waals surface area contributed by atoms with Crippen molar-refractivity contribution in [2.75, 3.05) is 19.6 Å². The van der Waals surface area contributed by atoms with Gasteiger partial charge in [0.2, 0.25) is 0 Å². The Kier molecular flexibility index (Phi) is 4.45. The van der Waals surface area contributed by atoms with Crippen LogP contribution in [-0.4, -0.2) is 30.6 Å². The van der Waals surface area contributed by atoms with Crippen LogP contribution in [0.15, 0.2) is 0 Å². The number of likely N-dealkylation sites (tertiary alicyclic amines) is 1. The summed E-state index contributed by atoms with van der Waals surface area (Å²) >= 11 is 0. The van der Waals surface area contributed by atoms with Gasteiger partial charge in [-0.05, 0) is 57.7 Å². The SMILES string of the molecule is NCC1CCCN(C2CCCCC2)CC1. The molecule has 2 rings (SSSR count). The van der Waals surface area contributed by atoms with Crippen molar-refractivity contribution >= 4 is 0 Å². The Balaban J connectivity index is 1.81. The third-order valence-corrected chi connectivity index (χ3v) is 4.31. The van der Waals surface area contributed by atoms with Gasteiger partial charge in [0.1, 0.15) is 0 Å². The summed E-state index contributed by atoms with van der Waals surface area (Å²) in [6.07, 6.45) is 11.4. The molecule has 0 spiro atoms. The summed E-state index contributed by atoms with van der Waals surface area (Å²) in [6, 6.07) is 0.912. The van der Waals surface area contributed by atoms with Crippen LogP contribution < -0.4 is 5.73 Å². The van der Waals surface area contributed by atoms with Crippen molar-refractivity contribution in [1.82, 2.24) is 4.90 Å². The molecule has 0 amide bonds. The van der Waals surface area contributed by atoms with Crippen molar-refractivity contribution in [1.29, 1.82) is 0 Å².